The minimum absolute atomic E-state index is 0.243. The minimum Gasteiger partial charge on any atom is -0.396 e. The third-order valence-corrected chi connectivity index (χ3v) is 5.41. The summed E-state index contributed by atoms with van der Waals surface area (Å²) in [4.78, 5) is 4.89. The molecule has 4 nitrogen and oxygen atoms in total. The summed E-state index contributed by atoms with van der Waals surface area (Å²) in [5, 5.41) is 12.9. The van der Waals surface area contributed by atoms with E-state index >= 15 is 0 Å². The van der Waals surface area contributed by atoms with Crippen molar-refractivity contribution in [2.75, 3.05) is 38.7 Å². The highest BCUT2D eigenvalue weighted by atomic mass is 16.3. The van der Waals surface area contributed by atoms with Crippen molar-refractivity contribution in [3.63, 3.8) is 0 Å². The van der Waals surface area contributed by atoms with Crippen LogP contribution in [0.5, 0.6) is 0 Å². The molecule has 1 aromatic carbocycles. The van der Waals surface area contributed by atoms with Gasteiger partial charge in [0.2, 0.25) is 0 Å². The van der Waals surface area contributed by atoms with Crippen LogP contribution in [0.15, 0.2) is 24.3 Å². The Kier molecular flexibility index (Phi) is 7.53. The van der Waals surface area contributed by atoms with Crippen molar-refractivity contribution in [1.82, 2.24) is 10.2 Å². The van der Waals surface area contributed by atoms with Crippen molar-refractivity contribution in [3.8, 4) is 0 Å². The average molecular weight is 334 g/mol. The van der Waals surface area contributed by atoms with Crippen molar-refractivity contribution in [2.45, 2.75) is 51.7 Å². The number of anilines is 1. The molecular weight excluding hydrogens is 298 g/mol. The van der Waals surface area contributed by atoms with Crippen LogP contribution in [0.4, 0.5) is 5.69 Å². The second kappa shape index (κ2) is 9.40. The Morgan fingerprint density at radius 1 is 1.25 bits per heavy atom. The molecule has 0 amide bonds. The number of benzene rings is 1. The summed E-state index contributed by atoms with van der Waals surface area (Å²) in [7, 11) is 4.45. The third kappa shape index (κ3) is 5.20. The number of para-hydroxylation sites is 1. The van der Waals surface area contributed by atoms with Gasteiger partial charge in [-0.05, 0) is 56.9 Å². The second-order valence-corrected chi connectivity index (χ2v) is 7.52. The van der Waals surface area contributed by atoms with Crippen LogP contribution in [0, 0.1) is 5.92 Å². The van der Waals surface area contributed by atoms with E-state index in [4.69, 9.17) is 0 Å². The molecule has 1 aliphatic heterocycles. The lowest BCUT2D eigenvalue weighted by Crippen LogP contribution is -2.42. The third-order valence-electron chi connectivity index (χ3n) is 5.41. The fourth-order valence-corrected chi connectivity index (χ4v) is 3.63. The Morgan fingerprint density at radius 2 is 1.92 bits per heavy atom. The fourth-order valence-electron chi connectivity index (χ4n) is 3.63. The Labute approximate surface area is 147 Å². The summed E-state index contributed by atoms with van der Waals surface area (Å²) in [5.41, 5.74) is 2.69. The van der Waals surface area contributed by atoms with E-state index in [0.29, 0.717) is 18.0 Å². The SMILES string of the molecule is CC(C)C(CCO)NCc1ccccc1N(C)C1CCN(C)CC1. The number of rotatable bonds is 8. The van der Waals surface area contributed by atoms with Gasteiger partial charge in [0, 0.05) is 38.0 Å². The van der Waals surface area contributed by atoms with Gasteiger partial charge in [0.15, 0.2) is 0 Å². The number of hydrogen-bond donors (Lipinski definition) is 2. The molecule has 2 N–H and O–H groups in total. The molecule has 1 fully saturated rings. The van der Waals surface area contributed by atoms with Gasteiger partial charge in [0.25, 0.3) is 0 Å². The lowest BCUT2D eigenvalue weighted by atomic mass is 10.00. The zero-order valence-electron chi connectivity index (χ0n) is 15.8. The molecule has 0 saturated carbocycles. The molecular formula is C20H35N3O. The van der Waals surface area contributed by atoms with E-state index in [1.807, 2.05) is 0 Å². The molecule has 136 valence electrons. The topological polar surface area (TPSA) is 38.7 Å². The Bertz CT molecular complexity index is 484. The van der Waals surface area contributed by atoms with Gasteiger partial charge in [0.05, 0.1) is 0 Å². The first-order valence-corrected chi connectivity index (χ1v) is 9.36. The summed E-state index contributed by atoms with van der Waals surface area (Å²) in [5.74, 6) is 0.524. The molecule has 1 saturated heterocycles. The molecule has 2 rings (SSSR count). The molecule has 4 heteroatoms. The zero-order valence-corrected chi connectivity index (χ0v) is 15.8. The molecule has 1 atom stereocenters. The van der Waals surface area contributed by atoms with Crippen LogP contribution >= 0.6 is 0 Å². The molecule has 1 aliphatic rings. The number of aliphatic hydroxyl groups is 1. The molecule has 0 spiro atoms. The fraction of sp³-hybridized carbons (Fsp3) is 0.700. The largest absolute Gasteiger partial charge is 0.396 e. The maximum Gasteiger partial charge on any atom is 0.0445 e. The van der Waals surface area contributed by atoms with E-state index in [1.54, 1.807) is 0 Å². The van der Waals surface area contributed by atoms with Crippen LogP contribution in [0.3, 0.4) is 0 Å². The van der Waals surface area contributed by atoms with Crippen LogP contribution in [0.25, 0.3) is 0 Å². The van der Waals surface area contributed by atoms with E-state index < -0.39 is 0 Å². The lowest BCUT2D eigenvalue weighted by Gasteiger charge is -2.37. The van der Waals surface area contributed by atoms with Gasteiger partial charge < -0.3 is 20.2 Å². The first kappa shape index (κ1) is 19.2. The van der Waals surface area contributed by atoms with Gasteiger partial charge >= 0.3 is 0 Å². The van der Waals surface area contributed by atoms with E-state index in [9.17, 15) is 5.11 Å². The summed E-state index contributed by atoms with van der Waals surface area (Å²) in [6, 6.07) is 9.71. The highest BCUT2D eigenvalue weighted by molar-refractivity contribution is 5.54. The highest BCUT2D eigenvalue weighted by Gasteiger charge is 2.22. The normalized spacial score (nSPS) is 18.1. The van der Waals surface area contributed by atoms with E-state index in [1.165, 1.54) is 37.2 Å². The Hall–Kier alpha value is -1.10. The zero-order chi connectivity index (χ0) is 17.5. The molecule has 1 aromatic rings. The maximum absolute atomic E-state index is 9.26. The number of nitrogens with zero attached hydrogens (tertiary/aromatic N) is 2. The van der Waals surface area contributed by atoms with Crippen LogP contribution in [-0.4, -0.2) is 55.9 Å². The monoisotopic (exact) mass is 333 g/mol. The lowest BCUT2D eigenvalue weighted by molar-refractivity contribution is 0.243. The van der Waals surface area contributed by atoms with Gasteiger partial charge in [-0.15, -0.1) is 0 Å². The van der Waals surface area contributed by atoms with Gasteiger partial charge in [-0.2, -0.15) is 0 Å². The summed E-state index contributed by atoms with van der Waals surface area (Å²) in [6.45, 7) is 7.89. The van der Waals surface area contributed by atoms with E-state index in [-0.39, 0.29) is 6.61 Å². The van der Waals surface area contributed by atoms with Crippen molar-refractivity contribution in [3.05, 3.63) is 29.8 Å². The first-order valence-electron chi connectivity index (χ1n) is 9.36. The quantitative estimate of drug-likeness (QED) is 0.767. The van der Waals surface area contributed by atoms with Gasteiger partial charge in [0.1, 0.15) is 0 Å². The van der Waals surface area contributed by atoms with Gasteiger partial charge in [-0.1, -0.05) is 32.0 Å². The van der Waals surface area contributed by atoms with Crippen LogP contribution in [-0.2, 0) is 6.54 Å². The second-order valence-electron chi connectivity index (χ2n) is 7.52. The van der Waals surface area contributed by atoms with Crippen molar-refractivity contribution in [2.24, 2.45) is 5.92 Å². The maximum atomic E-state index is 9.26. The predicted molar refractivity (Wildman–Crippen MR) is 103 cm³/mol. The number of hydrogen-bond acceptors (Lipinski definition) is 4. The predicted octanol–water partition coefficient (Wildman–Crippen LogP) is 2.71. The van der Waals surface area contributed by atoms with Crippen molar-refractivity contribution < 1.29 is 5.11 Å². The summed E-state index contributed by atoms with van der Waals surface area (Å²) >= 11 is 0. The Balaban J connectivity index is 2.03. The van der Waals surface area contributed by atoms with E-state index in [0.717, 1.165) is 13.0 Å². The molecule has 0 radical (unpaired) electrons. The highest BCUT2D eigenvalue weighted by Crippen LogP contribution is 2.25. The summed E-state index contributed by atoms with van der Waals surface area (Å²) < 4.78 is 0. The van der Waals surface area contributed by atoms with Gasteiger partial charge in [-0.3, -0.25) is 0 Å². The summed E-state index contributed by atoms with van der Waals surface area (Å²) in [6.07, 6.45) is 3.27. The van der Waals surface area contributed by atoms with Crippen molar-refractivity contribution in [1.29, 1.82) is 0 Å². The minimum atomic E-state index is 0.243. The number of aliphatic hydroxyl groups excluding tert-OH is 1. The first-order chi connectivity index (χ1) is 11.5. The number of nitrogens with one attached hydrogen (secondary N) is 1. The molecule has 0 aromatic heterocycles. The number of piperidine rings is 1. The van der Waals surface area contributed by atoms with Crippen LogP contribution < -0.4 is 10.2 Å². The molecule has 24 heavy (non-hydrogen) atoms. The standard InChI is InChI=1S/C20H35N3O/c1-16(2)19(11-14-24)21-15-17-7-5-6-8-20(17)23(4)18-9-12-22(3)13-10-18/h5-8,16,18-19,21,24H,9-15H2,1-4H3. The van der Waals surface area contributed by atoms with Crippen molar-refractivity contribution >= 4 is 5.69 Å². The van der Waals surface area contributed by atoms with E-state index in [2.05, 4.69) is 67.3 Å². The average Bonchev–Trinajstić information content (AvgIpc) is 2.58. The van der Waals surface area contributed by atoms with Crippen LogP contribution in [0.2, 0.25) is 0 Å². The van der Waals surface area contributed by atoms with Crippen LogP contribution in [0.1, 0.15) is 38.7 Å². The van der Waals surface area contributed by atoms with Gasteiger partial charge in [-0.25, -0.2) is 0 Å². The molecule has 0 aliphatic carbocycles. The molecule has 1 heterocycles. The Morgan fingerprint density at radius 3 is 2.54 bits per heavy atom. The smallest absolute Gasteiger partial charge is 0.0445 e. The number of likely N-dealkylation sites (tertiary alicyclic amines) is 1. The molecule has 1 unspecified atom stereocenters. The molecule has 0 bridgehead atoms.